The molecule has 3 aromatic carbocycles. The van der Waals surface area contributed by atoms with Crippen molar-refractivity contribution in [2.45, 2.75) is 48.4 Å². The number of amides is 1. The molecule has 0 saturated carbocycles. The van der Waals surface area contributed by atoms with Crippen molar-refractivity contribution >= 4 is 40.7 Å². The molecule has 3 unspecified atom stereocenters. The van der Waals surface area contributed by atoms with E-state index in [0.717, 1.165) is 67.9 Å². The molecule has 5 rings (SSSR count). The van der Waals surface area contributed by atoms with Crippen molar-refractivity contribution in [1.29, 1.82) is 0 Å². The van der Waals surface area contributed by atoms with Gasteiger partial charge in [0.05, 0.1) is 18.8 Å². The van der Waals surface area contributed by atoms with Crippen molar-refractivity contribution in [3.63, 3.8) is 0 Å². The number of alkyl halides is 3. The van der Waals surface area contributed by atoms with Gasteiger partial charge in [-0.2, -0.15) is 0 Å². The quantitative estimate of drug-likeness (QED) is 0.303. The number of carbonyl (C=O) groups is 1. The average molecular weight is 633 g/mol. The number of halogens is 3. The normalized spacial score (nSPS) is 22.1. The van der Waals surface area contributed by atoms with E-state index in [1.54, 1.807) is 0 Å². The summed E-state index contributed by atoms with van der Waals surface area (Å²) in [4.78, 5) is 16.9. The van der Waals surface area contributed by atoms with E-state index in [9.17, 15) is 9.90 Å². The number of carbonyl (C=O) groups excluding carboxylic acids is 1. The lowest BCUT2D eigenvalue weighted by Crippen LogP contribution is -2.49. The molecule has 0 aromatic heterocycles. The number of hydrogen-bond donors (Lipinski definition) is 2. The Morgan fingerprint density at radius 3 is 2.07 bits per heavy atom. The third kappa shape index (κ3) is 8.68. The van der Waals surface area contributed by atoms with Crippen molar-refractivity contribution in [2.24, 2.45) is 0 Å². The van der Waals surface area contributed by atoms with Gasteiger partial charge in [-0.1, -0.05) is 114 Å². The molecule has 3 atom stereocenters. The fourth-order valence-corrected chi connectivity index (χ4v) is 5.57. The monoisotopic (exact) mass is 631 g/mol. The number of aliphatic hydroxyl groups is 1. The summed E-state index contributed by atoms with van der Waals surface area (Å²) >= 11 is 16.9. The first-order chi connectivity index (χ1) is 20.3. The van der Waals surface area contributed by atoms with Crippen LogP contribution in [0.5, 0.6) is 0 Å². The van der Waals surface area contributed by atoms with Crippen LogP contribution in [0.25, 0.3) is 0 Å². The lowest BCUT2D eigenvalue weighted by atomic mass is 9.99. The smallest absolute Gasteiger partial charge is 0.272 e. The van der Waals surface area contributed by atoms with E-state index in [2.05, 4.69) is 45.4 Å². The molecule has 0 aliphatic carbocycles. The molecule has 2 fully saturated rings. The number of hydrogen-bond acceptors (Lipinski definition) is 6. The lowest BCUT2D eigenvalue weighted by molar-refractivity contribution is -0.253. The Bertz CT molecular complexity index is 1280. The van der Waals surface area contributed by atoms with Gasteiger partial charge in [-0.05, 0) is 22.3 Å². The molecule has 2 aliphatic heterocycles. The molecule has 42 heavy (non-hydrogen) atoms. The maximum absolute atomic E-state index is 11.9. The van der Waals surface area contributed by atoms with Crippen LogP contribution < -0.4 is 5.32 Å². The lowest BCUT2D eigenvalue weighted by Gasteiger charge is -2.40. The van der Waals surface area contributed by atoms with E-state index in [1.807, 2.05) is 48.5 Å². The first kappa shape index (κ1) is 31.2. The summed E-state index contributed by atoms with van der Waals surface area (Å²) in [6, 6.07) is 26.2. The number of rotatable bonds is 9. The second kappa shape index (κ2) is 14.5. The van der Waals surface area contributed by atoms with Gasteiger partial charge in [0.2, 0.25) is 0 Å². The topological polar surface area (TPSA) is 74.3 Å². The average Bonchev–Trinajstić information content (AvgIpc) is 3.01. The molecule has 0 radical (unpaired) electrons. The molecule has 2 N–H and O–H groups in total. The van der Waals surface area contributed by atoms with Gasteiger partial charge in [0.25, 0.3) is 9.70 Å². The molecule has 0 bridgehead atoms. The van der Waals surface area contributed by atoms with E-state index in [0.29, 0.717) is 0 Å². The molecule has 2 heterocycles. The van der Waals surface area contributed by atoms with Crippen molar-refractivity contribution in [3.8, 4) is 0 Å². The van der Waals surface area contributed by atoms with Gasteiger partial charge in [-0.15, -0.1) is 0 Å². The summed E-state index contributed by atoms with van der Waals surface area (Å²) in [5.41, 5.74) is 5.02. The maximum atomic E-state index is 11.9. The molecule has 2 aliphatic rings. The van der Waals surface area contributed by atoms with Crippen LogP contribution in [0, 0.1) is 0 Å². The van der Waals surface area contributed by atoms with E-state index >= 15 is 0 Å². The highest BCUT2D eigenvalue weighted by atomic mass is 35.6. The van der Waals surface area contributed by atoms with E-state index < -0.39 is 16.0 Å². The number of nitrogens with one attached hydrogen (secondary N) is 1. The van der Waals surface area contributed by atoms with Crippen LogP contribution in [0.3, 0.4) is 0 Å². The Morgan fingerprint density at radius 1 is 0.810 bits per heavy atom. The summed E-state index contributed by atoms with van der Waals surface area (Å²) < 4.78 is 11.0. The molecular formula is C32H36Cl3N3O4. The van der Waals surface area contributed by atoms with E-state index in [4.69, 9.17) is 44.3 Å². The molecular weight excluding hydrogens is 597 g/mol. The van der Waals surface area contributed by atoms with Crippen LogP contribution in [0.4, 0.5) is 0 Å². The highest BCUT2D eigenvalue weighted by molar-refractivity contribution is 6.76. The van der Waals surface area contributed by atoms with E-state index in [-0.39, 0.29) is 25.4 Å². The van der Waals surface area contributed by atoms with Crippen LogP contribution in [0.15, 0.2) is 78.9 Å². The summed E-state index contributed by atoms with van der Waals surface area (Å²) in [5, 5.41) is 12.1. The van der Waals surface area contributed by atoms with Crippen LogP contribution in [0.1, 0.15) is 46.6 Å². The second-order valence-electron chi connectivity index (χ2n) is 10.8. The van der Waals surface area contributed by atoms with Gasteiger partial charge in [0.15, 0.2) is 6.29 Å². The first-order valence-electron chi connectivity index (χ1n) is 14.2. The van der Waals surface area contributed by atoms with Gasteiger partial charge in [-0.3, -0.25) is 14.6 Å². The number of aliphatic hydroxyl groups excluding tert-OH is 1. The zero-order valence-corrected chi connectivity index (χ0v) is 25.6. The molecule has 0 spiro atoms. The highest BCUT2D eigenvalue weighted by Crippen LogP contribution is 2.38. The molecule has 224 valence electrons. The Kier molecular flexibility index (Phi) is 10.8. The van der Waals surface area contributed by atoms with Crippen LogP contribution in [-0.4, -0.2) is 63.4 Å². The van der Waals surface area contributed by atoms with Gasteiger partial charge < -0.3 is 19.9 Å². The predicted octanol–water partition coefficient (Wildman–Crippen LogP) is 5.53. The Hall–Kier alpha value is -2.20. The maximum Gasteiger partial charge on any atom is 0.272 e. The summed E-state index contributed by atoms with van der Waals surface area (Å²) in [7, 11) is 0. The Labute approximate surface area is 262 Å². The van der Waals surface area contributed by atoms with Gasteiger partial charge in [0.1, 0.15) is 0 Å². The fraction of sp³-hybridized carbons (Fsp3) is 0.406. The molecule has 3 aromatic rings. The van der Waals surface area contributed by atoms with Gasteiger partial charge in [0, 0.05) is 57.8 Å². The van der Waals surface area contributed by atoms with Crippen LogP contribution >= 0.6 is 34.8 Å². The largest absolute Gasteiger partial charge is 0.392 e. The predicted molar refractivity (Wildman–Crippen MR) is 165 cm³/mol. The second-order valence-corrected chi connectivity index (χ2v) is 13.1. The fourth-order valence-electron chi connectivity index (χ4n) is 5.37. The minimum absolute atomic E-state index is 0.00484. The third-order valence-corrected chi connectivity index (χ3v) is 8.27. The zero-order chi connectivity index (χ0) is 29.5. The minimum Gasteiger partial charge on any atom is -0.392 e. The van der Waals surface area contributed by atoms with Gasteiger partial charge in [-0.25, -0.2) is 0 Å². The van der Waals surface area contributed by atoms with Crippen molar-refractivity contribution in [2.75, 3.05) is 32.7 Å². The molecule has 1 amide bonds. The highest BCUT2D eigenvalue weighted by Gasteiger charge is 2.34. The van der Waals surface area contributed by atoms with Crippen LogP contribution in [-0.2, 0) is 34.0 Å². The SMILES string of the molecule is O=C(NCc1ccc(C2OC(CN3CCN(Cc4ccccc4)CC3)CC(c3ccc(CO)cc3)O2)cc1)C(Cl)(Cl)Cl. The molecule has 10 heteroatoms. The number of piperazine rings is 1. The molecule has 2 saturated heterocycles. The third-order valence-electron chi connectivity index (χ3n) is 7.75. The number of nitrogens with zero attached hydrogens (tertiary/aromatic N) is 2. The van der Waals surface area contributed by atoms with Crippen LogP contribution in [0.2, 0.25) is 0 Å². The zero-order valence-electron chi connectivity index (χ0n) is 23.3. The summed E-state index contributed by atoms with van der Waals surface area (Å²) in [5.74, 6) is -0.672. The standard InChI is InChI=1S/C32H36Cl3N3O4/c33-32(34,35)31(40)36-19-23-6-12-27(13-7-23)30-41-28(18-29(42-30)26-10-8-25(22-39)9-11-26)21-38-16-14-37(15-17-38)20-24-4-2-1-3-5-24/h1-13,28-30,39H,14-22H2,(H,36,40). The number of ether oxygens (including phenoxy) is 2. The minimum atomic E-state index is -2.00. The Balaban J connectivity index is 1.23. The van der Waals surface area contributed by atoms with Crippen molar-refractivity contribution in [1.82, 2.24) is 15.1 Å². The first-order valence-corrected chi connectivity index (χ1v) is 15.3. The summed E-state index contributed by atoms with van der Waals surface area (Å²) in [6.07, 6.45) is 0.0233. The van der Waals surface area contributed by atoms with Crippen molar-refractivity contribution in [3.05, 3.63) is 107 Å². The number of benzene rings is 3. The van der Waals surface area contributed by atoms with Crippen molar-refractivity contribution < 1.29 is 19.4 Å². The summed E-state index contributed by atoms with van der Waals surface area (Å²) in [6.45, 7) is 6.05. The van der Waals surface area contributed by atoms with E-state index in [1.165, 1.54) is 5.56 Å². The Morgan fingerprint density at radius 2 is 1.43 bits per heavy atom. The van der Waals surface area contributed by atoms with Gasteiger partial charge >= 0.3 is 0 Å². The molecule has 7 nitrogen and oxygen atoms in total.